The molecule has 0 radical (unpaired) electrons. The fourth-order valence-electron chi connectivity index (χ4n) is 5.92. The summed E-state index contributed by atoms with van der Waals surface area (Å²) in [5, 5.41) is 2.00. The molecule has 0 aromatic carbocycles. The Kier molecular flexibility index (Phi) is 14.0. The first kappa shape index (κ1) is 45.4. The Hall–Kier alpha value is -3.67. The third-order valence-corrected chi connectivity index (χ3v) is 21.5. The second-order valence-electron chi connectivity index (χ2n) is 18.0. The summed E-state index contributed by atoms with van der Waals surface area (Å²) in [4.78, 5) is 43.1. The number of pyridine rings is 4. The van der Waals surface area contributed by atoms with Crippen molar-refractivity contribution in [1.82, 2.24) is 29.1 Å². The molecular weight excluding hydrogens is 893 g/mol. The van der Waals surface area contributed by atoms with Gasteiger partial charge < -0.3 is 18.0 Å². The molecule has 0 N–H and O–H groups in total. The van der Waals surface area contributed by atoms with Crippen molar-refractivity contribution in [2.45, 2.75) is 104 Å². The van der Waals surface area contributed by atoms with Gasteiger partial charge >= 0.3 is 0 Å². The van der Waals surface area contributed by atoms with Gasteiger partial charge in [-0.15, -0.1) is 0 Å². The number of hydrogen-bond donors (Lipinski definition) is 0. The van der Waals surface area contributed by atoms with Crippen LogP contribution in [0.25, 0.3) is 21.8 Å². The Morgan fingerprint density at radius 3 is 1.31 bits per heavy atom. The quantitative estimate of drug-likeness (QED) is 0.0880. The molecule has 6 heterocycles. The van der Waals surface area contributed by atoms with Crippen molar-refractivity contribution in [3.63, 3.8) is 0 Å². The number of rotatable bonds is 12. The molecule has 6 aromatic heterocycles. The second-order valence-corrected chi connectivity index (χ2v) is 29.4. The Bertz CT molecular complexity index is 2250. The minimum absolute atomic E-state index is 0.0620. The number of ketones is 2. The summed E-state index contributed by atoms with van der Waals surface area (Å²) in [6.45, 7) is 27.9. The molecule has 308 valence electrons. The van der Waals surface area contributed by atoms with Crippen LogP contribution < -0.4 is 0 Å². The number of fused-ring (bicyclic) bond motifs is 2. The molecule has 6 aromatic rings. The van der Waals surface area contributed by atoms with E-state index < -0.39 is 16.6 Å². The largest absolute Gasteiger partial charge is 0.415 e. The molecule has 0 aliphatic heterocycles. The van der Waals surface area contributed by atoms with Crippen LogP contribution in [0.2, 0.25) is 36.3 Å². The first-order valence-electron chi connectivity index (χ1n) is 19.5. The molecule has 6 rings (SSSR count). The second kappa shape index (κ2) is 17.9. The highest BCUT2D eigenvalue weighted by molar-refractivity contribution is 9.10. The lowest BCUT2D eigenvalue weighted by atomic mass is 10.1. The molecule has 0 spiro atoms. The van der Waals surface area contributed by atoms with Gasteiger partial charge in [0.1, 0.15) is 0 Å². The Labute approximate surface area is 361 Å². The fourth-order valence-corrected chi connectivity index (χ4v) is 8.83. The van der Waals surface area contributed by atoms with Crippen LogP contribution in [0.3, 0.4) is 0 Å². The van der Waals surface area contributed by atoms with Crippen molar-refractivity contribution >= 4 is 81.9 Å². The molecule has 0 fully saturated rings. The lowest BCUT2D eigenvalue weighted by molar-refractivity contribution is 0.103. The number of aromatic nitrogens is 6. The molecule has 0 saturated heterocycles. The minimum atomic E-state index is -1.85. The number of nitrogens with zero attached hydrogens (tertiary/aromatic N) is 6. The third kappa shape index (κ3) is 10.2. The molecule has 2 unspecified atom stereocenters. The van der Waals surface area contributed by atoms with Crippen molar-refractivity contribution < 1.29 is 18.4 Å². The molecule has 0 saturated carbocycles. The van der Waals surface area contributed by atoms with Crippen molar-refractivity contribution in [3.8, 4) is 0 Å². The standard InChI is InChI=1S/2C22H28BrN3O2Si/c2*1-15(14-28-29(5,6)22(2,3)4)26-13-19(18-12-24-8-7-20(18)26)21(27)16-9-17(23)11-25-10-16/h2*7-13,15H,14H2,1-6H3. The van der Waals surface area contributed by atoms with Gasteiger partial charge in [0.15, 0.2) is 28.2 Å². The molecule has 58 heavy (non-hydrogen) atoms. The van der Waals surface area contributed by atoms with Crippen LogP contribution in [-0.2, 0) is 8.85 Å². The van der Waals surface area contributed by atoms with E-state index in [1.807, 2.05) is 24.5 Å². The van der Waals surface area contributed by atoms with Gasteiger partial charge in [0.05, 0.1) is 36.3 Å². The van der Waals surface area contributed by atoms with Crippen LogP contribution >= 0.6 is 31.9 Å². The summed E-state index contributed by atoms with van der Waals surface area (Å²) in [6, 6.07) is 7.67. The van der Waals surface area contributed by atoms with E-state index in [4.69, 9.17) is 8.85 Å². The van der Waals surface area contributed by atoms with Crippen LogP contribution in [0.1, 0.15) is 99.3 Å². The Balaban J connectivity index is 0.000000221. The molecular formula is C44H56Br2N6O4Si2. The average molecular weight is 949 g/mol. The topological polar surface area (TPSA) is 114 Å². The normalized spacial score (nSPS) is 13.6. The van der Waals surface area contributed by atoms with Crippen molar-refractivity contribution in [3.05, 3.63) is 117 Å². The van der Waals surface area contributed by atoms with E-state index in [0.29, 0.717) is 35.5 Å². The van der Waals surface area contributed by atoms with Crippen LogP contribution in [0.4, 0.5) is 0 Å². The van der Waals surface area contributed by atoms with Gasteiger partial charge in [0, 0.05) is 104 Å². The molecule has 0 bridgehead atoms. The van der Waals surface area contributed by atoms with E-state index >= 15 is 0 Å². The minimum Gasteiger partial charge on any atom is -0.415 e. The SMILES string of the molecule is CC(CO[Si](C)(C)C(C)(C)C)n1cc(C(=O)c2cncc(Br)c2)c2cnccc21.CC(CO[Si](C)(C)C(C)(C)C)n1cc(C(=O)c2cncc(Br)c2)c2cnccc21. The highest BCUT2D eigenvalue weighted by atomic mass is 79.9. The first-order chi connectivity index (χ1) is 27.0. The first-order valence-corrected chi connectivity index (χ1v) is 26.9. The maximum atomic E-state index is 13.2. The third-order valence-electron chi connectivity index (χ3n) is 11.6. The summed E-state index contributed by atoms with van der Waals surface area (Å²) in [6.07, 6.45) is 17.4. The highest BCUT2D eigenvalue weighted by Gasteiger charge is 2.38. The number of halogens is 2. The maximum absolute atomic E-state index is 13.2. The fraction of sp³-hybridized carbons (Fsp3) is 0.409. The van der Waals surface area contributed by atoms with Crippen molar-refractivity contribution in [2.75, 3.05) is 13.2 Å². The van der Waals surface area contributed by atoms with Gasteiger partial charge in [-0.3, -0.25) is 29.5 Å². The van der Waals surface area contributed by atoms with Crippen LogP contribution in [0.15, 0.2) is 95.2 Å². The smallest absolute Gasteiger partial charge is 0.196 e. The molecule has 2 atom stereocenters. The zero-order valence-corrected chi connectivity index (χ0v) is 40.9. The lowest BCUT2D eigenvalue weighted by Gasteiger charge is -2.37. The van der Waals surface area contributed by atoms with E-state index in [0.717, 1.165) is 30.8 Å². The van der Waals surface area contributed by atoms with E-state index in [1.54, 1.807) is 61.7 Å². The summed E-state index contributed by atoms with van der Waals surface area (Å²) in [5.41, 5.74) is 4.33. The molecule has 0 aliphatic carbocycles. The molecule has 14 heteroatoms. The Morgan fingerprint density at radius 1 is 0.621 bits per heavy atom. The number of carbonyl (C=O) groups is 2. The maximum Gasteiger partial charge on any atom is 0.196 e. The molecule has 10 nitrogen and oxygen atoms in total. The van der Waals surface area contributed by atoms with Gasteiger partial charge in [-0.25, -0.2) is 0 Å². The average Bonchev–Trinajstić information content (AvgIpc) is 3.75. The summed E-state index contributed by atoms with van der Waals surface area (Å²) in [5.74, 6) is -0.124. The predicted octanol–water partition coefficient (Wildman–Crippen LogP) is 12.0. The van der Waals surface area contributed by atoms with Crippen molar-refractivity contribution in [1.29, 1.82) is 0 Å². The van der Waals surface area contributed by atoms with Crippen molar-refractivity contribution in [2.24, 2.45) is 0 Å². The van der Waals surface area contributed by atoms with Gasteiger partial charge in [0.2, 0.25) is 0 Å². The highest BCUT2D eigenvalue weighted by Crippen LogP contribution is 2.39. The number of hydrogen-bond acceptors (Lipinski definition) is 8. The summed E-state index contributed by atoms with van der Waals surface area (Å²) < 4.78 is 18.7. The Morgan fingerprint density at radius 2 is 0.983 bits per heavy atom. The van der Waals surface area contributed by atoms with Gasteiger partial charge in [-0.1, -0.05) is 41.5 Å². The molecule has 0 amide bonds. The van der Waals surface area contributed by atoms with E-state index in [2.05, 4.69) is 143 Å². The zero-order valence-electron chi connectivity index (χ0n) is 35.7. The van der Waals surface area contributed by atoms with Gasteiger partial charge in [0.25, 0.3) is 0 Å². The van der Waals surface area contributed by atoms with Gasteiger partial charge in [-0.2, -0.15) is 0 Å². The van der Waals surface area contributed by atoms with Crippen LogP contribution in [-0.4, -0.2) is 70.5 Å². The van der Waals surface area contributed by atoms with Crippen LogP contribution in [0, 0.1) is 0 Å². The van der Waals surface area contributed by atoms with E-state index in [-0.39, 0.29) is 33.7 Å². The molecule has 0 aliphatic rings. The monoisotopic (exact) mass is 946 g/mol. The van der Waals surface area contributed by atoms with E-state index in [9.17, 15) is 9.59 Å². The summed E-state index contributed by atoms with van der Waals surface area (Å²) in [7, 11) is -3.70. The number of carbonyl (C=O) groups excluding carboxylic acids is 2. The zero-order chi connectivity index (χ0) is 42.8. The lowest BCUT2D eigenvalue weighted by Crippen LogP contribution is -2.41. The van der Waals surface area contributed by atoms with Crippen LogP contribution in [0.5, 0.6) is 0 Å². The van der Waals surface area contributed by atoms with Gasteiger partial charge in [-0.05, 0) is 106 Å². The summed E-state index contributed by atoms with van der Waals surface area (Å²) >= 11 is 6.78. The van der Waals surface area contributed by atoms with E-state index in [1.165, 1.54) is 0 Å². The predicted molar refractivity (Wildman–Crippen MR) is 246 cm³/mol.